The molecule has 2 atom stereocenters. The maximum Gasteiger partial charge on any atom is 0.415 e. The van der Waals surface area contributed by atoms with Crippen molar-refractivity contribution in [3.63, 3.8) is 0 Å². The fourth-order valence-corrected chi connectivity index (χ4v) is 6.01. The molecule has 0 bridgehead atoms. The van der Waals surface area contributed by atoms with Crippen molar-refractivity contribution in [2.24, 2.45) is 0 Å². The highest BCUT2D eigenvalue weighted by Crippen LogP contribution is 2.40. The summed E-state index contributed by atoms with van der Waals surface area (Å²) in [5.41, 5.74) is 1.09. The quantitative estimate of drug-likeness (QED) is 0.456. The molecule has 3 amide bonds. The van der Waals surface area contributed by atoms with Gasteiger partial charge in [-0.2, -0.15) is 0 Å². The van der Waals surface area contributed by atoms with Crippen LogP contribution in [0, 0.1) is 0 Å². The molecule has 2 aliphatic rings. The second kappa shape index (κ2) is 9.28. The molecular weight excluding hydrogens is 466 g/mol. The van der Waals surface area contributed by atoms with Crippen LogP contribution in [0.4, 0.5) is 10.5 Å². The van der Waals surface area contributed by atoms with Gasteiger partial charge >= 0.3 is 12.1 Å². The van der Waals surface area contributed by atoms with Crippen LogP contribution in [-0.2, 0) is 19.1 Å². The van der Waals surface area contributed by atoms with Gasteiger partial charge in [0.2, 0.25) is 5.91 Å². The second-order valence-electron chi connectivity index (χ2n) is 7.46. The molecule has 1 unspecified atom stereocenters. The molecule has 3 heterocycles. The third-order valence-electron chi connectivity index (χ3n) is 5.28. The number of hydrogen-bond donors (Lipinski definition) is 2. The highest BCUT2D eigenvalue weighted by Gasteiger charge is 2.53. The molecule has 1 aromatic carbocycles. The normalized spacial score (nSPS) is 19.5. The fourth-order valence-electron chi connectivity index (χ4n) is 3.77. The van der Waals surface area contributed by atoms with Crippen molar-refractivity contribution in [1.82, 2.24) is 10.2 Å². The van der Waals surface area contributed by atoms with Crippen molar-refractivity contribution < 1.29 is 29.0 Å². The molecule has 4 rings (SSSR count). The van der Waals surface area contributed by atoms with Gasteiger partial charge in [-0.1, -0.05) is 30.9 Å². The zero-order chi connectivity index (χ0) is 23.7. The topological polar surface area (TPSA) is 116 Å². The number of benzene rings is 1. The number of thiophene rings is 1. The summed E-state index contributed by atoms with van der Waals surface area (Å²) < 4.78 is 6.12. The zero-order valence-corrected chi connectivity index (χ0v) is 19.3. The summed E-state index contributed by atoms with van der Waals surface area (Å²) in [7, 11) is 0. The molecule has 1 saturated heterocycles. The molecule has 0 radical (unpaired) electrons. The van der Waals surface area contributed by atoms with Gasteiger partial charge < -0.3 is 15.2 Å². The van der Waals surface area contributed by atoms with Gasteiger partial charge in [0.05, 0.1) is 5.69 Å². The lowest BCUT2D eigenvalue weighted by atomic mass is 10.0. The van der Waals surface area contributed by atoms with Gasteiger partial charge in [-0.05, 0) is 18.6 Å². The number of amides is 3. The van der Waals surface area contributed by atoms with Crippen molar-refractivity contribution in [3.8, 4) is 0 Å². The maximum atomic E-state index is 12.9. The Morgan fingerprint density at radius 3 is 2.85 bits per heavy atom. The Kier molecular flexibility index (Phi) is 6.43. The van der Waals surface area contributed by atoms with Crippen LogP contribution in [0.5, 0.6) is 0 Å². The van der Waals surface area contributed by atoms with E-state index in [9.17, 15) is 24.3 Å². The number of carbonyl (C=O) groups is 4. The molecule has 2 aromatic rings. The van der Waals surface area contributed by atoms with Crippen LogP contribution in [0.25, 0.3) is 10.1 Å². The molecule has 2 N–H and O–H groups in total. The average molecular weight is 488 g/mol. The highest BCUT2D eigenvalue weighted by molar-refractivity contribution is 8.00. The molecule has 0 saturated carbocycles. The Bertz CT molecular complexity index is 1190. The molecule has 1 aromatic heterocycles. The third kappa shape index (κ3) is 4.21. The van der Waals surface area contributed by atoms with Crippen molar-refractivity contribution in [1.29, 1.82) is 0 Å². The Hall–Kier alpha value is -3.31. The van der Waals surface area contributed by atoms with E-state index in [0.717, 1.165) is 10.1 Å². The SMILES string of the molecule is C=CCOC(=O)N(CC(=O)NC1C(=O)N2C(C(=O)O)=C(C)CS[C@@H]12)c1csc2ccccc12. The first-order valence-electron chi connectivity index (χ1n) is 10.0. The Morgan fingerprint density at radius 2 is 2.12 bits per heavy atom. The molecule has 33 heavy (non-hydrogen) atoms. The molecule has 0 spiro atoms. The van der Waals surface area contributed by atoms with E-state index >= 15 is 0 Å². The number of β-lactam (4-membered cyclic amide) rings is 1. The summed E-state index contributed by atoms with van der Waals surface area (Å²) in [5.74, 6) is -1.76. The Labute approximate surface area is 197 Å². The van der Waals surface area contributed by atoms with Crippen molar-refractivity contribution in [2.75, 3.05) is 23.8 Å². The number of carbonyl (C=O) groups excluding carboxylic acids is 3. The predicted octanol–water partition coefficient (Wildman–Crippen LogP) is 2.79. The highest BCUT2D eigenvalue weighted by atomic mass is 32.2. The summed E-state index contributed by atoms with van der Waals surface area (Å²) in [6.07, 6.45) is 0.716. The van der Waals surface area contributed by atoms with Crippen LogP contribution < -0.4 is 10.2 Å². The lowest BCUT2D eigenvalue weighted by Crippen LogP contribution is -2.71. The fraction of sp³-hybridized carbons (Fsp3) is 0.273. The second-order valence-corrected chi connectivity index (χ2v) is 9.47. The number of anilines is 1. The van der Waals surface area contributed by atoms with E-state index in [2.05, 4.69) is 11.9 Å². The van der Waals surface area contributed by atoms with E-state index < -0.39 is 35.3 Å². The summed E-state index contributed by atoms with van der Waals surface area (Å²) >= 11 is 2.82. The summed E-state index contributed by atoms with van der Waals surface area (Å²) in [6.45, 7) is 4.82. The minimum absolute atomic E-state index is 0.0164. The number of hydrogen-bond acceptors (Lipinski definition) is 7. The first-order valence-corrected chi connectivity index (χ1v) is 11.9. The van der Waals surface area contributed by atoms with Gasteiger partial charge in [-0.3, -0.25) is 19.4 Å². The number of carboxylic acids is 1. The maximum absolute atomic E-state index is 12.9. The van der Waals surface area contributed by atoms with Crippen LogP contribution in [-0.4, -0.2) is 64.2 Å². The van der Waals surface area contributed by atoms with Gasteiger partial charge in [-0.25, -0.2) is 9.59 Å². The monoisotopic (exact) mass is 487 g/mol. The van der Waals surface area contributed by atoms with E-state index in [-0.39, 0.29) is 18.8 Å². The number of thioether (sulfide) groups is 1. The molecule has 0 aliphatic carbocycles. The molecule has 2 aliphatic heterocycles. The minimum Gasteiger partial charge on any atom is -0.477 e. The van der Waals surface area contributed by atoms with Crippen LogP contribution in [0.3, 0.4) is 0 Å². The number of carboxylic acid groups (broad SMARTS) is 1. The lowest BCUT2D eigenvalue weighted by Gasteiger charge is -2.49. The Morgan fingerprint density at radius 1 is 1.36 bits per heavy atom. The van der Waals surface area contributed by atoms with Crippen molar-refractivity contribution in [3.05, 3.63) is 53.6 Å². The zero-order valence-electron chi connectivity index (χ0n) is 17.6. The lowest BCUT2D eigenvalue weighted by molar-refractivity contribution is -0.150. The van der Waals surface area contributed by atoms with Crippen molar-refractivity contribution >= 4 is 62.7 Å². The number of ether oxygens (including phenoxy) is 1. The molecule has 11 heteroatoms. The van der Waals surface area contributed by atoms with Gasteiger partial charge in [-0.15, -0.1) is 23.1 Å². The smallest absolute Gasteiger partial charge is 0.415 e. The van der Waals surface area contributed by atoms with E-state index in [1.165, 1.54) is 39.0 Å². The van der Waals surface area contributed by atoms with E-state index in [1.54, 1.807) is 12.3 Å². The number of nitrogens with one attached hydrogen (secondary N) is 1. The molecular formula is C22H21N3O6S2. The summed E-state index contributed by atoms with van der Waals surface area (Å²) in [6, 6.07) is 6.61. The first-order chi connectivity index (χ1) is 15.8. The molecule has 172 valence electrons. The van der Waals surface area contributed by atoms with Gasteiger partial charge in [0.1, 0.15) is 30.3 Å². The van der Waals surface area contributed by atoms with E-state index in [4.69, 9.17) is 4.74 Å². The number of nitrogens with zero attached hydrogens (tertiary/aromatic N) is 2. The van der Waals surface area contributed by atoms with Crippen molar-refractivity contribution in [2.45, 2.75) is 18.3 Å². The summed E-state index contributed by atoms with van der Waals surface area (Å²) in [4.78, 5) is 52.2. The van der Waals surface area contributed by atoms with Crippen LogP contribution >= 0.6 is 23.1 Å². The summed E-state index contributed by atoms with van der Waals surface area (Å²) in [5, 5.41) is 14.2. The van der Waals surface area contributed by atoms with Gasteiger partial charge in [0, 0.05) is 21.2 Å². The van der Waals surface area contributed by atoms with Crippen LogP contribution in [0.15, 0.2) is 53.6 Å². The van der Waals surface area contributed by atoms with Gasteiger partial charge in [0.25, 0.3) is 5.91 Å². The number of fused-ring (bicyclic) bond motifs is 2. The third-order valence-corrected chi connectivity index (χ3v) is 7.65. The predicted molar refractivity (Wildman–Crippen MR) is 126 cm³/mol. The molecule has 9 nitrogen and oxygen atoms in total. The van der Waals surface area contributed by atoms with Crippen LogP contribution in [0.2, 0.25) is 0 Å². The standard InChI is InChI=1S/C22H21N3O6S2/c1-3-8-31-22(30)24(14-11-32-15-7-5-4-6-13(14)15)9-16(26)23-17-19(27)25-18(21(28)29)12(2)10-33-20(17)25/h3-7,11,17,20H,1,8-10H2,2H3,(H,23,26)(H,28,29)/t17?,20-/m0/s1. The number of aliphatic carboxylic acids is 1. The minimum atomic E-state index is -1.17. The molecule has 1 fully saturated rings. The average Bonchev–Trinajstić information content (AvgIpc) is 3.23. The van der Waals surface area contributed by atoms with Gasteiger partial charge in [0.15, 0.2) is 0 Å². The van der Waals surface area contributed by atoms with E-state index in [1.807, 2.05) is 24.3 Å². The largest absolute Gasteiger partial charge is 0.477 e. The Balaban J connectivity index is 1.51. The first kappa shape index (κ1) is 22.9. The number of rotatable bonds is 7. The van der Waals surface area contributed by atoms with E-state index in [0.29, 0.717) is 17.0 Å². The van der Waals surface area contributed by atoms with Crippen LogP contribution in [0.1, 0.15) is 6.92 Å².